The maximum absolute atomic E-state index is 13.3. The lowest BCUT2D eigenvalue weighted by Crippen LogP contribution is -2.29. The number of carbonyl (C=O) groups is 3. The summed E-state index contributed by atoms with van der Waals surface area (Å²) in [4.78, 5) is 60.5. The van der Waals surface area contributed by atoms with E-state index in [4.69, 9.17) is 84.3 Å². The number of nitrogen functional groups attached to an aromatic ring is 1. The van der Waals surface area contributed by atoms with E-state index < -0.39 is 66.1 Å². The maximum Gasteiger partial charge on any atom is 0.488 e. The van der Waals surface area contributed by atoms with Gasteiger partial charge in [-0.1, -0.05) is 119 Å². The van der Waals surface area contributed by atoms with Gasteiger partial charge in [-0.3, -0.25) is 17.6 Å². The third-order valence-corrected chi connectivity index (χ3v) is 27.3. The van der Waals surface area contributed by atoms with Crippen molar-refractivity contribution in [3.05, 3.63) is 296 Å². The highest BCUT2D eigenvalue weighted by molar-refractivity contribution is 9.11. The molecule has 0 unspecified atom stereocenters. The molecular formula is C102H100BBr4Cl3FN19O11S3. The topological polar surface area (TPSA) is 381 Å². The van der Waals surface area contributed by atoms with Crippen molar-refractivity contribution in [3.63, 3.8) is 0 Å². The number of rotatable bonds is 18. The van der Waals surface area contributed by atoms with Crippen LogP contribution < -0.4 is 16.7 Å². The normalized spacial score (nSPS) is 12.1. The lowest BCUT2D eigenvalue weighted by atomic mass is 9.81. The molecule has 3 atom stereocenters. The second kappa shape index (κ2) is 47.8. The average molecular weight is 2320 g/mol. The number of hydrogen-bond acceptors (Lipinski definition) is 28. The molecule has 0 aliphatic rings. The predicted octanol–water partition coefficient (Wildman–Crippen LogP) is 25.0. The molecule has 0 saturated heterocycles. The van der Waals surface area contributed by atoms with E-state index in [1.807, 2.05) is 264 Å². The molecule has 0 amide bonds. The number of nitrogens with zero attached hydrogens (tertiary/aromatic N) is 17. The fourth-order valence-corrected chi connectivity index (χ4v) is 20.2. The molecule has 30 nitrogen and oxygen atoms in total. The number of benzene rings is 6. The molecule has 6 N–H and O–H groups in total. The van der Waals surface area contributed by atoms with Crippen molar-refractivity contribution in [2.75, 3.05) is 18.6 Å². The summed E-state index contributed by atoms with van der Waals surface area (Å²) in [6, 6.07) is 50.2. The highest BCUT2D eigenvalue weighted by Gasteiger charge is 2.38. The first-order chi connectivity index (χ1) is 68.2. The number of hydrazine groups is 1. The zero-order chi connectivity index (χ0) is 104. The standard InChI is InChI=1S/C29H29ClN4O3S.C27H25ClN4O3S.C22H23BrClNO3S.C7H8BN3O2.C7H6BrN3.C5H3BrFN.C5H6BrN3/c1-7-36-28(35)25(37-29(4,5)6)23-16(2)14-21-26(24(23)18-8-10-20(30)11-9-18)38-27(31-21)19-12-13-34-17(3)32-33-22(34)15-19;1-14-12-19-24(36-25(29-19)17-10-11-32-15(2)30-31-20(32)13-17)22(16-6-8-18(28)9-7-16)21(14)23(26(33)34)35-27(3,4)5;1-6-27-20(26)18(28-22(3,4)5)16-12(2)11-15-19(29-21(23)25-15)17(16)13-7-9-14(24)10-8-13;1-5-9-10-7-4-6(8(12)13)2-3-11(5)7;1-5-9-10-7-4-6(8)2-3-11(5)7;6-4-1-2-8-5(7)3-4;6-4-1-2-8-5(3-4)9-7/h8-15,25H,7H2,1-6H3;6-13,23H,1-5H3,(H,33,34);7-11,18H,6H2,1-5H3;2-4,12-13H,1H3;2-4H,1H3;1-3H;1-3H,7H2,(H,8,9)/t25-;23-;18-;;;;/m000..../s1. The molecule has 13 heterocycles. The van der Waals surface area contributed by atoms with E-state index >= 15 is 0 Å². The average Bonchev–Trinajstić information content (AvgIpc) is 1.52. The van der Waals surface area contributed by atoms with Gasteiger partial charge in [0.1, 0.15) is 39.1 Å². The number of fused-ring (bicyclic) bond motifs is 7. The summed E-state index contributed by atoms with van der Waals surface area (Å²) in [5.41, 5.74) is 18.5. The van der Waals surface area contributed by atoms with Crippen LogP contribution in [0.4, 0.5) is 10.2 Å². The monoisotopic (exact) mass is 2310 g/mol. The van der Waals surface area contributed by atoms with Crippen LogP contribution in [0, 0.1) is 54.4 Å². The summed E-state index contributed by atoms with van der Waals surface area (Å²) < 4.78 is 55.4. The van der Waals surface area contributed by atoms with Crippen LogP contribution >= 0.6 is 133 Å². The van der Waals surface area contributed by atoms with E-state index in [9.17, 15) is 23.9 Å². The van der Waals surface area contributed by atoms with Crippen molar-refractivity contribution in [3.8, 4) is 54.5 Å². The number of esters is 2. The molecule has 19 rings (SSSR count). The number of carbonyl (C=O) groups excluding carboxylic acids is 2. The van der Waals surface area contributed by atoms with E-state index in [1.165, 1.54) is 34.9 Å². The number of thiazole rings is 3. The highest BCUT2D eigenvalue weighted by atomic mass is 79.9. The molecule has 0 saturated carbocycles. The second-order valence-electron chi connectivity index (χ2n) is 35.4. The first-order valence-corrected chi connectivity index (χ1v) is 51.5. The van der Waals surface area contributed by atoms with Crippen molar-refractivity contribution >= 4 is 222 Å². The quantitative estimate of drug-likeness (QED) is 0.0175. The molecule has 19 aromatic rings. The Bertz CT molecular complexity index is 7840. The van der Waals surface area contributed by atoms with Crippen LogP contribution in [0.1, 0.15) is 151 Å². The van der Waals surface area contributed by atoms with Gasteiger partial charge in [0, 0.05) is 116 Å². The minimum atomic E-state index is -1.46. The first-order valence-electron chi connectivity index (χ1n) is 44.7. The second-order valence-corrected chi connectivity index (χ2v) is 43.7. The molecule has 0 aliphatic carbocycles. The molecule has 0 bridgehead atoms. The van der Waals surface area contributed by atoms with Gasteiger partial charge in [-0.2, -0.15) is 4.39 Å². The summed E-state index contributed by atoms with van der Waals surface area (Å²) in [5.74, 6) is 6.74. The Kier molecular flexibility index (Phi) is 36.4. The highest BCUT2D eigenvalue weighted by Crippen LogP contribution is 2.49. The van der Waals surface area contributed by atoms with Gasteiger partial charge in [-0.05, 0) is 301 Å². The van der Waals surface area contributed by atoms with Gasteiger partial charge in [-0.25, -0.2) is 45.1 Å². The molecule has 0 spiro atoms. The number of hydrogen-bond donors (Lipinski definition) is 5. The Hall–Kier alpha value is -11.5. The van der Waals surface area contributed by atoms with Crippen LogP contribution in [0.3, 0.4) is 0 Å². The van der Waals surface area contributed by atoms with Crippen LogP contribution in [0.5, 0.6) is 0 Å². The molecule has 6 aromatic carbocycles. The van der Waals surface area contributed by atoms with Crippen LogP contribution in [0.2, 0.25) is 15.1 Å². The van der Waals surface area contributed by atoms with Crippen molar-refractivity contribution < 1.29 is 57.6 Å². The van der Waals surface area contributed by atoms with Gasteiger partial charge in [0.15, 0.2) is 44.8 Å². The van der Waals surface area contributed by atoms with Gasteiger partial charge in [-0.15, -0.1) is 74.8 Å². The number of carboxylic acid groups (broad SMARTS) is 1. The summed E-state index contributed by atoms with van der Waals surface area (Å²) in [6.07, 6.45) is 7.68. The first kappa shape index (κ1) is 110. The Morgan fingerprint density at radius 3 is 1.12 bits per heavy atom. The van der Waals surface area contributed by atoms with E-state index in [1.54, 1.807) is 78.4 Å². The number of anilines is 1. The minimum Gasteiger partial charge on any atom is -0.479 e. The number of ether oxygens (including phenoxy) is 5. The Labute approximate surface area is 890 Å². The van der Waals surface area contributed by atoms with E-state index in [-0.39, 0.29) is 13.2 Å². The van der Waals surface area contributed by atoms with Gasteiger partial charge in [0.05, 0.1) is 60.7 Å². The van der Waals surface area contributed by atoms with Gasteiger partial charge in [0.25, 0.3) is 0 Å². The Balaban J connectivity index is 0.000000151. The van der Waals surface area contributed by atoms with Crippen LogP contribution in [-0.4, -0.2) is 154 Å². The largest absolute Gasteiger partial charge is 0.488 e. The Morgan fingerprint density at radius 1 is 0.431 bits per heavy atom. The lowest BCUT2D eigenvalue weighted by molar-refractivity contribution is -0.167. The molecule has 13 aromatic heterocycles. The summed E-state index contributed by atoms with van der Waals surface area (Å²) in [5, 5.41) is 63.9. The molecule has 144 heavy (non-hydrogen) atoms. The molecule has 0 radical (unpaired) electrons. The zero-order valence-corrected chi connectivity index (χ0v) is 92.4. The summed E-state index contributed by atoms with van der Waals surface area (Å²) in [6.45, 7) is 34.7. The fraction of sp³-hybridized carbons (Fsp3) is 0.255. The van der Waals surface area contributed by atoms with Crippen LogP contribution in [0.15, 0.2) is 218 Å². The number of nitrogens with two attached hydrogens (primary N) is 1. The minimum absolute atomic E-state index is 0.260. The van der Waals surface area contributed by atoms with Crippen molar-refractivity contribution in [2.45, 2.75) is 160 Å². The fourth-order valence-electron chi connectivity index (χ4n) is 15.1. The summed E-state index contributed by atoms with van der Waals surface area (Å²) >= 11 is 36.3. The Morgan fingerprint density at radius 2 is 0.771 bits per heavy atom. The van der Waals surface area contributed by atoms with Gasteiger partial charge in [0.2, 0.25) is 5.95 Å². The molecule has 0 fully saturated rings. The zero-order valence-electron chi connectivity index (χ0n) is 81.3. The number of pyridine rings is 6. The van der Waals surface area contributed by atoms with E-state index in [2.05, 4.69) is 125 Å². The molecule has 0 aliphatic heterocycles. The van der Waals surface area contributed by atoms with Crippen molar-refractivity contribution in [1.82, 2.24) is 83.3 Å². The van der Waals surface area contributed by atoms with E-state index in [0.29, 0.717) is 42.0 Å². The van der Waals surface area contributed by atoms with E-state index in [0.717, 1.165) is 166 Å². The molecule has 746 valence electrons. The maximum atomic E-state index is 13.3. The smallest absolute Gasteiger partial charge is 0.479 e. The number of nitrogens with one attached hydrogen (secondary N) is 1. The van der Waals surface area contributed by atoms with Gasteiger partial charge >= 0.3 is 25.0 Å². The van der Waals surface area contributed by atoms with Gasteiger partial charge < -0.3 is 44.3 Å². The number of carboxylic acids is 1. The number of aromatic nitrogens is 17. The molecule has 42 heteroatoms. The lowest BCUT2D eigenvalue weighted by Gasteiger charge is -2.29. The summed E-state index contributed by atoms with van der Waals surface area (Å²) in [7, 11) is -1.46. The van der Waals surface area contributed by atoms with Crippen molar-refractivity contribution in [1.29, 1.82) is 0 Å². The third-order valence-electron chi connectivity index (χ3n) is 21.2. The third kappa shape index (κ3) is 27.6. The number of aliphatic carboxylic acids is 1. The number of halogens is 8. The van der Waals surface area contributed by atoms with Crippen LogP contribution in [0.25, 0.3) is 108 Å². The van der Waals surface area contributed by atoms with Crippen molar-refractivity contribution in [2.24, 2.45) is 5.84 Å². The van der Waals surface area contributed by atoms with Crippen LogP contribution in [-0.2, 0) is 38.1 Å². The number of aryl methyl sites for hydroxylation is 7. The molecular weight excluding hydrogens is 2220 g/mol. The predicted molar refractivity (Wildman–Crippen MR) is 582 cm³/mol. The SMILES string of the molecule is CCOC(=O)[C@@H](OC(C)(C)C)c1c(C)cc2nc(-c3ccn4c(C)nnc4c3)sc2c1-c1ccc(Cl)cc1.CCOC(=O)[C@@H](OC(C)(C)C)c1c(C)cc2nc(Br)sc2c1-c1ccc(Cl)cc1.Cc1cc2nc(-c3ccn4c(C)nnc4c3)sc2c(-c2ccc(Cl)cc2)c1[C@H](OC(C)(C)C)C(=O)O.Cc1nnc2cc(B(O)O)ccn12.Cc1nnc2cc(Br)ccn12.Fc1cc(Br)ccn1.NNc1cc(Br)ccn1.